The summed E-state index contributed by atoms with van der Waals surface area (Å²) in [5.41, 5.74) is 6.18. The number of aromatic nitrogens is 2. The number of hydrogen-bond donors (Lipinski definition) is 1. The second-order valence-electron chi connectivity index (χ2n) is 10.1. The van der Waals surface area contributed by atoms with Crippen LogP contribution in [0.4, 0.5) is 0 Å². The molecule has 42 heavy (non-hydrogen) atoms. The van der Waals surface area contributed by atoms with Crippen molar-refractivity contribution in [2.45, 2.75) is 19.1 Å². The van der Waals surface area contributed by atoms with Crippen molar-refractivity contribution in [2.24, 2.45) is 0 Å². The van der Waals surface area contributed by atoms with Crippen molar-refractivity contribution in [1.82, 2.24) is 15.1 Å². The standard InChI is InChI=1S/C34H30ClN3O4/c1-40-27-13-5-22(6-14-27)19-20-38-33(25-9-17-29(18-10-25)42-21-23-3-11-26(35)12-4-23)30-31(36-37-32(30)34(38)39)24-7-15-28(41-2)16-8-24/h3-18,33H,19-21H2,1-2H3,(H,36,37). The number of nitrogens with zero attached hydrogens (tertiary/aromatic N) is 2. The third-order valence-corrected chi connectivity index (χ3v) is 7.79. The normalized spacial score (nSPS) is 14.1. The number of carbonyl (C=O) groups excluding carboxylic acids is 1. The maximum absolute atomic E-state index is 13.8. The highest BCUT2D eigenvalue weighted by atomic mass is 35.5. The van der Waals surface area contributed by atoms with Gasteiger partial charge in [-0.2, -0.15) is 5.10 Å². The van der Waals surface area contributed by atoms with Crippen LogP contribution in [0.1, 0.15) is 38.8 Å². The van der Waals surface area contributed by atoms with Crippen molar-refractivity contribution in [2.75, 3.05) is 20.8 Å². The quantitative estimate of drug-likeness (QED) is 0.191. The summed E-state index contributed by atoms with van der Waals surface area (Å²) >= 11 is 6.01. The van der Waals surface area contributed by atoms with Crippen LogP contribution in [0.5, 0.6) is 17.2 Å². The number of nitrogens with one attached hydrogen (secondary N) is 1. The Morgan fingerprint density at radius 3 is 2.02 bits per heavy atom. The molecule has 8 heteroatoms. The summed E-state index contributed by atoms with van der Waals surface area (Å²) in [6, 6.07) is 30.9. The van der Waals surface area contributed by atoms with E-state index in [9.17, 15) is 4.79 Å². The summed E-state index contributed by atoms with van der Waals surface area (Å²) in [6.07, 6.45) is 0.699. The molecule has 2 heterocycles. The number of ether oxygens (including phenoxy) is 3. The van der Waals surface area contributed by atoms with Crippen LogP contribution in [-0.4, -0.2) is 41.8 Å². The van der Waals surface area contributed by atoms with Crippen molar-refractivity contribution < 1.29 is 19.0 Å². The first-order valence-corrected chi connectivity index (χ1v) is 14.1. The summed E-state index contributed by atoms with van der Waals surface area (Å²) in [5, 5.41) is 8.32. The number of H-pyrrole nitrogens is 1. The minimum atomic E-state index is -0.313. The molecule has 0 radical (unpaired) electrons. The number of amides is 1. The van der Waals surface area contributed by atoms with Gasteiger partial charge in [0.25, 0.3) is 5.91 Å². The third kappa shape index (κ3) is 5.56. The lowest BCUT2D eigenvalue weighted by molar-refractivity contribution is 0.0746. The highest BCUT2D eigenvalue weighted by Crippen LogP contribution is 2.43. The Morgan fingerprint density at radius 1 is 0.786 bits per heavy atom. The van der Waals surface area contributed by atoms with Crippen molar-refractivity contribution >= 4 is 17.5 Å². The molecule has 0 saturated carbocycles. The second-order valence-corrected chi connectivity index (χ2v) is 10.5. The molecule has 1 N–H and O–H groups in total. The highest BCUT2D eigenvalue weighted by Gasteiger charge is 2.42. The van der Waals surface area contributed by atoms with Gasteiger partial charge in [0.05, 0.1) is 26.0 Å². The first-order valence-electron chi connectivity index (χ1n) is 13.7. The van der Waals surface area contributed by atoms with Gasteiger partial charge in [-0.3, -0.25) is 9.89 Å². The van der Waals surface area contributed by atoms with Gasteiger partial charge in [0.15, 0.2) is 0 Å². The van der Waals surface area contributed by atoms with Crippen molar-refractivity contribution in [1.29, 1.82) is 0 Å². The summed E-state index contributed by atoms with van der Waals surface area (Å²) in [4.78, 5) is 15.7. The van der Waals surface area contributed by atoms with Gasteiger partial charge in [-0.25, -0.2) is 0 Å². The molecular formula is C34H30ClN3O4. The van der Waals surface area contributed by atoms with E-state index in [1.165, 1.54) is 0 Å². The maximum Gasteiger partial charge on any atom is 0.273 e. The van der Waals surface area contributed by atoms with Crippen molar-refractivity contribution in [3.63, 3.8) is 0 Å². The van der Waals surface area contributed by atoms with Crippen LogP contribution >= 0.6 is 11.6 Å². The Balaban J connectivity index is 1.30. The van der Waals surface area contributed by atoms with E-state index in [0.29, 0.717) is 30.3 Å². The Bertz CT molecular complexity index is 1660. The molecule has 1 amide bonds. The summed E-state index contributed by atoms with van der Waals surface area (Å²) in [6.45, 7) is 0.967. The van der Waals surface area contributed by atoms with E-state index in [0.717, 1.165) is 50.8 Å². The van der Waals surface area contributed by atoms with Crippen LogP contribution in [0.25, 0.3) is 11.3 Å². The van der Waals surface area contributed by atoms with Crippen LogP contribution in [0.15, 0.2) is 97.1 Å². The maximum atomic E-state index is 13.8. The summed E-state index contributed by atoms with van der Waals surface area (Å²) in [7, 11) is 3.29. The Kier molecular flexibility index (Phi) is 7.84. The minimum absolute atomic E-state index is 0.0705. The van der Waals surface area contributed by atoms with Crippen LogP contribution < -0.4 is 14.2 Å². The van der Waals surface area contributed by atoms with Gasteiger partial charge in [-0.05, 0) is 83.8 Å². The molecule has 0 saturated heterocycles. The lowest BCUT2D eigenvalue weighted by Crippen LogP contribution is -2.31. The fraction of sp³-hybridized carbons (Fsp3) is 0.176. The molecule has 4 aromatic carbocycles. The molecule has 1 atom stereocenters. The van der Waals surface area contributed by atoms with Gasteiger partial charge in [-0.1, -0.05) is 48.0 Å². The fourth-order valence-corrected chi connectivity index (χ4v) is 5.40. The zero-order valence-corrected chi connectivity index (χ0v) is 24.1. The Morgan fingerprint density at radius 2 is 1.38 bits per heavy atom. The SMILES string of the molecule is COc1ccc(CCN2C(=O)c3[nH]nc(-c4ccc(OC)cc4)c3C2c2ccc(OCc3ccc(Cl)cc3)cc2)cc1. The van der Waals surface area contributed by atoms with E-state index in [4.69, 9.17) is 25.8 Å². The van der Waals surface area contributed by atoms with E-state index >= 15 is 0 Å². The molecule has 1 unspecified atom stereocenters. The van der Waals surface area contributed by atoms with E-state index in [2.05, 4.69) is 10.2 Å². The second kappa shape index (κ2) is 12.0. The molecule has 5 aromatic rings. The molecule has 0 aliphatic carbocycles. The van der Waals surface area contributed by atoms with Crippen LogP contribution in [0.2, 0.25) is 5.02 Å². The number of carbonyl (C=O) groups is 1. The lowest BCUT2D eigenvalue weighted by Gasteiger charge is -2.26. The van der Waals surface area contributed by atoms with E-state index in [1.54, 1.807) is 14.2 Å². The lowest BCUT2D eigenvalue weighted by atomic mass is 9.95. The largest absolute Gasteiger partial charge is 0.497 e. The number of fused-ring (bicyclic) bond motifs is 1. The van der Waals surface area contributed by atoms with Crippen LogP contribution in [0, 0.1) is 0 Å². The fourth-order valence-electron chi connectivity index (χ4n) is 5.28. The van der Waals surface area contributed by atoms with Crippen LogP contribution in [0.3, 0.4) is 0 Å². The minimum Gasteiger partial charge on any atom is -0.497 e. The zero-order valence-electron chi connectivity index (χ0n) is 23.3. The van der Waals surface area contributed by atoms with E-state index in [1.807, 2.05) is 102 Å². The van der Waals surface area contributed by atoms with Gasteiger partial charge in [0.1, 0.15) is 29.5 Å². The number of aromatic amines is 1. The van der Waals surface area contributed by atoms with Gasteiger partial charge < -0.3 is 19.1 Å². The van der Waals surface area contributed by atoms with Gasteiger partial charge in [-0.15, -0.1) is 0 Å². The van der Waals surface area contributed by atoms with Crippen LogP contribution in [-0.2, 0) is 13.0 Å². The molecule has 6 rings (SSSR count). The average Bonchev–Trinajstić information content (AvgIpc) is 3.58. The smallest absolute Gasteiger partial charge is 0.273 e. The first kappa shape index (κ1) is 27.4. The van der Waals surface area contributed by atoms with Crippen molar-refractivity contribution in [3.05, 3.63) is 130 Å². The van der Waals surface area contributed by atoms with Crippen molar-refractivity contribution in [3.8, 4) is 28.5 Å². The molecule has 0 spiro atoms. The van der Waals surface area contributed by atoms with E-state index in [-0.39, 0.29) is 11.9 Å². The molecule has 0 bridgehead atoms. The molecule has 1 aliphatic heterocycles. The molecule has 212 valence electrons. The summed E-state index contributed by atoms with van der Waals surface area (Å²) in [5.74, 6) is 2.23. The number of benzene rings is 4. The van der Waals surface area contributed by atoms with Gasteiger partial charge >= 0.3 is 0 Å². The molecule has 0 fully saturated rings. The van der Waals surface area contributed by atoms with E-state index < -0.39 is 0 Å². The molecular weight excluding hydrogens is 550 g/mol. The highest BCUT2D eigenvalue weighted by molar-refractivity contribution is 6.30. The number of methoxy groups -OCH3 is 2. The predicted octanol–water partition coefficient (Wildman–Crippen LogP) is 7.11. The third-order valence-electron chi connectivity index (χ3n) is 7.54. The predicted molar refractivity (Wildman–Crippen MR) is 162 cm³/mol. The number of hydrogen-bond acceptors (Lipinski definition) is 5. The average molecular weight is 580 g/mol. The molecule has 1 aliphatic rings. The number of rotatable bonds is 10. The topological polar surface area (TPSA) is 76.7 Å². The molecule has 1 aromatic heterocycles. The van der Waals surface area contributed by atoms with Gasteiger partial charge in [0, 0.05) is 22.7 Å². The number of halogens is 1. The monoisotopic (exact) mass is 579 g/mol. The Labute approximate surface area is 249 Å². The summed E-state index contributed by atoms with van der Waals surface area (Å²) < 4.78 is 16.7. The Hall–Kier alpha value is -4.75. The zero-order chi connectivity index (χ0) is 29.1. The first-order chi connectivity index (χ1) is 20.5. The molecule has 7 nitrogen and oxygen atoms in total. The van der Waals surface area contributed by atoms with Gasteiger partial charge in [0.2, 0.25) is 0 Å².